The van der Waals surface area contributed by atoms with E-state index in [9.17, 15) is 4.79 Å². The monoisotopic (exact) mass is 340 g/mol. The molecule has 0 spiro atoms. The maximum absolute atomic E-state index is 11.8. The number of hydrogen-bond donors (Lipinski definition) is 3. The van der Waals surface area contributed by atoms with Gasteiger partial charge in [-0.1, -0.05) is 15.9 Å². The number of carbonyl (C=O) groups is 1. The van der Waals surface area contributed by atoms with Gasteiger partial charge in [-0.15, -0.1) is 0 Å². The van der Waals surface area contributed by atoms with Gasteiger partial charge in [0, 0.05) is 22.6 Å². The Morgan fingerprint density at radius 2 is 2.15 bits per heavy atom. The summed E-state index contributed by atoms with van der Waals surface area (Å²) in [4.78, 5) is 15.9. The highest BCUT2D eigenvalue weighted by molar-refractivity contribution is 9.10. The van der Waals surface area contributed by atoms with Gasteiger partial charge in [-0.2, -0.15) is 0 Å². The molecular weight excluding hydrogens is 320 g/mol. The number of aliphatic imine (C=N–C) groups is 1. The first-order chi connectivity index (χ1) is 9.38. The summed E-state index contributed by atoms with van der Waals surface area (Å²) >= 11 is 3.39. The Morgan fingerprint density at radius 1 is 1.45 bits per heavy atom. The van der Waals surface area contributed by atoms with Crippen molar-refractivity contribution in [2.45, 2.75) is 33.2 Å². The highest BCUT2D eigenvalue weighted by atomic mass is 79.9. The number of aryl methyl sites for hydroxylation is 1. The number of rotatable bonds is 5. The van der Waals surface area contributed by atoms with E-state index < -0.39 is 0 Å². The van der Waals surface area contributed by atoms with Gasteiger partial charge in [0.15, 0.2) is 5.96 Å². The molecule has 0 unspecified atom stereocenters. The van der Waals surface area contributed by atoms with Crippen LogP contribution in [0.5, 0.6) is 0 Å². The number of nitrogens with two attached hydrogens (primary N) is 1. The lowest BCUT2D eigenvalue weighted by Gasteiger charge is -2.09. The van der Waals surface area contributed by atoms with Crippen LogP contribution in [0.1, 0.15) is 25.8 Å². The van der Waals surface area contributed by atoms with Crippen molar-refractivity contribution in [1.29, 1.82) is 0 Å². The van der Waals surface area contributed by atoms with Gasteiger partial charge in [-0.05, 0) is 44.5 Å². The van der Waals surface area contributed by atoms with Crippen molar-refractivity contribution >= 4 is 33.5 Å². The van der Waals surface area contributed by atoms with E-state index in [1.807, 2.05) is 39.0 Å². The highest BCUT2D eigenvalue weighted by Gasteiger charge is 2.05. The Labute approximate surface area is 128 Å². The second-order valence-corrected chi connectivity index (χ2v) is 5.74. The predicted octanol–water partition coefficient (Wildman–Crippen LogP) is 2.40. The summed E-state index contributed by atoms with van der Waals surface area (Å²) in [6.45, 7) is 6.27. The van der Waals surface area contributed by atoms with Crippen molar-refractivity contribution < 1.29 is 4.79 Å². The van der Waals surface area contributed by atoms with Gasteiger partial charge in [0.2, 0.25) is 5.91 Å². The smallest absolute Gasteiger partial charge is 0.226 e. The van der Waals surface area contributed by atoms with E-state index in [4.69, 9.17) is 5.73 Å². The average molecular weight is 341 g/mol. The van der Waals surface area contributed by atoms with Gasteiger partial charge in [-0.3, -0.25) is 9.79 Å². The Morgan fingerprint density at radius 3 is 2.75 bits per heavy atom. The van der Waals surface area contributed by atoms with Crippen molar-refractivity contribution in [3.05, 3.63) is 28.2 Å². The second-order valence-electron chi connectivity index (χ2n) is 4.82. The van der Waals surface area contributed by atoms with Crippen LogP contribution in [0.4, 0.5) is 5.69 Å². The molecule has 110 valence electrons. The van der Waals surface area contributed by atoms with E-state index in [1.165, 1.54) is 0 Å². The van der Waals surface area contributed by atoms with E-state index >= 15 is 0 Å². The SMILES string of the molecule is Cc1cc(Br)ccc1NC(=O)CCN=C(N)NC(C)C. The zero-order chi connectivity index (χ0) is 15.1. The molecule has 0 heterocycles. The molecule has 0 aliphatic carbocycles. The van der Waals surface area contributed by atoms with E-state index in [2.05, 4.69) is 31.6 Å². The van der Waals surface area contributed by atoms with Gasteiger partial charge >= 0.3 is 0 Å². The van der Waals surface area contributed by atoms with Gasteiger partial charge in [-0.25, -0.2) is 0 Å². The molecule has 0 saturated heterocycles. The molecule has 1 aromatic carbocycles. The van der Waals surface area contributed by atoms with E-state index in [-0.39, 0.29) is 11.9 Å². The molecule has 0 atom stereocenters. The molecule has 6 heteroatoms. The van der Waals surface area contributed by atoms with Crippen LogP contribution in [0.15, 0.2) is 27.7 Å². The molecule has 0 aromatic heterocycles. The van der Waals surface area contributed by atoms with Crippen molar-refractivity contribution in [3.63, 3.8) is 0 Å². The summed E-state index contributed by atoms with van der Waals surface area (Å²) in [6.07, 6.45) is 0.302. The van der Waals surface area contributed by atoms with Crippen LogP contribution in [-0.4, -0.2) is 24.5 Å². The van der Waals surface area contributed by atoms with E-state index in [1.54, 1.807) is 0 Å². The zero-order valence-corrected chi connectivity index (χ0v) is 13.6. The molecule has 0 aliphatic rings. The molecule has 0 saturated carbocycles. The lowest BCUT2D eigenvalue weighted by Crippen LogP contribution is -2.36. The van der Waals surface area contributed by atoms with Gasteiger partial charge in [0.25, 0.3) is 0 Å². The van der Waals surface area contributed by atoms with Crippen LogP contribution in [0.25, 0.3) is 0 Å². The normalized spacial score (nSPS) is 11.6. The highest BCUT2D eigenvalue weighted by Crippen LogP contribution is 2.20. The van der Waals surface area contributed by atoms with Crippen molar-refractivity contribution in [2.24, 2.45) is 10.7 Å². The number of carbonyl (C=O) groups excluding carboxylic acids is 1. The Kier molecular flexibility index (Phi) is 6.51. The van der Waals surface area contributed by atoms with Crippen molar-refractivity contribution in [3.8, 4) is 0 Å². The molecule has 0 fully saturated rings. The standard InChI is InChI=1S/C14H21BrN4O/c1-9(2)18-14(16)17-7-6-13(20)19-12-5-4-11(15)8-10(12)3/h4-5,8-9H,6-7H2,1-3H3,(H,19,20)(H3,16,17,18). The third kappa shape index (κ3) is 6.06. The molecular formula is C14H21BrN4O. The van der Waals surface area contributed by atoms with Gasteiger partial charge < -0.3 is 16.4 Å². The first-order valence-corrected chi connectivity index (χ1v) is 7.30. The molecule has 4 N–H and O–H groups in total. The molecule has 1 aromatic rings. The largest absolute Gasteiger partial charge is 0.370 e. The maximum Gasteiger partial charge on any atom is 0.226 e. The lowest BCUT2D eigenvalue weighted by atomic mass is 10.2. The summed E-state index contributed by atoms with van der Waals surface area (Å²) in [5.41, 5.74) is 7.48. The summed E-state index contributed by atoms with van der Waals surface area (Å²) in [7, 11) is 0. The summed E-state index contributed by atoms with van der Waals surface area (Å²) in [5.74, 6) is 0.296. The second kappa shape index (κ2) is 7.89. The number of nitrogens with one attached hydrogen (secondary N) is 2. The van der Waals surface area contributed by atoms with Crippen LogP contribution < -0.4 is 16.4 Å². The fraction of sp³-hybridized carbons (Fsp3) is 0.429. The molecule has 1 rings (SSSR count). The Bertz CT molecular complexity index is 500. The Balaban J connectivity index is 2.44. The van der Waals surface area contributed by atoms with Crippen molar-refractivity contribution in [1.82, 2.24) is 5.32 Å². The molecule has 0 radical (unpaired) electrons. The number of halogens is 1. The summed E-state index contributed by atoms with van der Waals surface area (Å²) < 4.78 is 0.991. The quantitative estimate of drug-likeness (QED) is 0.568. The zero-order valence-electron chi connectivity index (χ0n) is 12.0. The molecule has 20 heavy (non-hydrogen) atoms. The number of benzene rings is 1. The third-order valence-electron chi connectivity index (χ3n) is 2.52. The minimum Gasteiger partial charge on any atom is -0.370 e. The first kappa shape index (κ1) is 16.5. The number of guanidine groups is 1. The Hall–Kier alpha value is -1.56. The third-order valence-corrected chi connectivity index (χ3v) is 3.01. The average Bonchev–Trinajstić information content (AvgIpc) is 2.31. The fourth-order valence-corrected chi connectivity index (χ4v) is 2.07. The number of anilines is 1. The van der Waals surface area contributed by atoms with E-state index in [0.29, 0.717) is 18.9 Å². The van der Waals surface area contributed by atoms with Crippen molar-refractivity contribution in [2.75, 3.05) is 11.9 Å². The minimum atomic E-state index is -0.0727. The summed E-state index contributed by atoms with van der Waals surface area (Å²) in [5, 5.41) is 5.83. The van der Waals surface area contributed by atoms with Crippen LogP contribution in [0.2, 0.25) is 0 Å². The van der Waals surface area contributed by atoms with Crippen LogP contribution >= 0.6 is 15.9 Å². The maximum atomic E-state index is 11.8. The molecule has 0 bridgehead atoms. The number of hydrogen-bond acceptors (Lipinski definition) is 2. The lowest BCUT2D eigenvalue weighted by molar-refractivity contribution is -0.116. The molecule has 5 nitrogen and oxygen atoms in total. The molecule has 1 amide bonds. The van der Waals surface area contributed by atoms with Gasteiger partial charge in [0.05, 0.1) is 6.54 Å². The van der Waals surface area contributed by atoms with Crippen LogP contribution in [0.3, 0.4) is 0 Å². The number of amides is 1. The van der Waals surface area contributed by atoms with Crippen LogP contribution in [0, 0.1) is 6.92 Å². The van der Waals surface area contributed by atoms with Crippen LogP contribution in [-0.2, 0) is 4.79 Å². The topological polar surface area (TPSA) is 79.5 Å². The van der Waals surface area contributed by atoms with E-state index in [0.717, 1.165) is 15.7 Å². The molecule has 0 aliphatic heterocycles. The number of nitrogens with zero attached hydrogens (tertiary/aromatic N) is 1. The van der Waals surface area contributed by atoms with Gasteiger partial charge in [0.1, 0.15) is 0 Å². The summed E-state index contributed by atoms with van der Waals surface area (Å²) in [6, 6.07) is 5.96. The first-order valence-electron chi connectivity index (χ1n) is 6.51. The minimum absolute atomic E-state index is 0.0727. The predicted molar refractivity (Wildman–Crippen MR) is 86.9 cm³/mol. The fourth-order valence-electron chi connectivity index (χ4n) is 1.60.